The van der Waals surface area contributed by atoms with Crippen LogP contribution in [0.4, 0.5) is 0 Å². The third-order valence-electron chi connectivity index (χ3n) is 8.60. The van der Waals surface area contributed by atoms with Gasteiger partial charge in [-0.3, -0.25) is 0 Å². The van der Waals surface area contributed by atoms with Crippen molar-refractivity contribution in [2.45, 2.75) is 39.0 Å². The molecule has 0 N–H and O–H groups in total. The summed E-state index contributed by atoms with van der Waals surface area (Å²) >= 11 is 0. The molecule has 0 atom stereocenters. The molecule has 0 aliphatic rings. The summed E-state index contributed by atoms with van der Waals surface area (Å²) in [6.07, 6.45) is 5.38. The van der Waals surface area contributed by atoms with Gasteiger partial charge in [0.1, 0.15) is 0 Å². The fourth-order valence-electron chi connectivity index (χ4n) is 6.64. The van der Waals surface area contributed by atoms with Gasteiger partial charge in [-0.2, -0.15) is 0 Å². The topological polar surface area (TPSA) is 0 Å². The van der Waals surface area contributed by atoms with Gasteiger partial charge in [-0.25, -0.2) is 0 Å². The molecule has 0 radical (unpaired) electrons. The number of fused-ring (bicyclic) bond motifs is 4. The molecule has 0 spiro atoms. The quantitative estimate of drug-likeness (QED) is 0.186. The van der Waals surface area contributed by atoms with Crippen molar-refractivity contribution < 1.29 is 0 Å². The molecule has 0 heterocycles. The van der Waals surface area contributed by atoms with Crippen molar-refractivity contribution >= 4 is 43.1 Å². The van der Waals surface area contributed by atoms with E-state index in [1.807, 2.05) is 0 Å². The van der Waals surface area contributed by atoms with Gasteiger partial charge >= 0.3 is 0 Å². The molecule has 0 aliphatic carbocycles. The van der Waals surface area contributed by atoms with Gasteiger partial charge in [-0.15, -0.1) is 0 Å². The van der Waals surface area contributed by atoms with Crippen LogP contribution in [0, 0.1) is 0 Å². The van der Waals surface area contributed by atoms with Crippen LogP contribution < -0.4 is 0 Å². The molecular weight excluding hydrogens is 480 g/mol. The Hall–Kier alpha value is -4.42. The smallest absolute Gasteiger partial charge is 0.000728 e. The number of benzene rings is 7. The van der Waals surface area contributed by atoms with Crippen molar-refractivity contribution in [2.24, 2.45) is 0 Å². The Balaban J connectivity index is 1.48. The van der Waals surface area contributed by atoms with Crippen molar-refractivity contribution in [1.29, 1.82) is 0 Å². The molecule has 40 heavy (non-hydrogen) atoms. The zero-order valence-corrected chi connectivity index (χ0v) is 23.2. The van der Waals surface area contributed by atoms with Crippen molar-refractivity contribution in [3.05, 3.63) is 155 Å². The van der Waals surface area contributed by atoms with E-state index >= 15 is 0 Å². The summed E-state index contributed by atoms with van der Waals surface area (Å²) in [5.74, 6) is 0. The summed E-state index contributed by atoms with van der Waals surface area (Å²) in [6, 6.07) is 47.4. The fourth-order valence-corrected chi connectivity index (χ4v) is 6.64. The van der Waals surface area contributed by atoms with Gasteiger partial charge in [0.05, 0.1) is 0 Å². The van der Waals surface area contributed by atoms with Crippen LogP contribution in [0.3, 0.4) is 0 Å². The van der Waals surface area contributed by atoms with Crippen LogP contribution in [0.2, 0.25) is 0 Å². The largest absolute Gasteiger partial charge is 0.0654 e. The molecule has 0 unspecified atom stereocenters. The van der Waals surface area contributed by atoms with Crippen LogP contribution in [0.1, 0.15) is 47.6 Å². The molecule has 0 amide bonds. The minimum Gasteiger partial charge on any atom is -0.0654 e. The predicted octanol–water partition coefficient (Wildman–Crippen LogP) is 10.8. The fraction of sp³-hybridized carbons (Fsp3) is 0.150. The Morgan fingerprint density at radius 1 is 0.450 bits per heavy atom. The Morgan fingerprint density at radius 2 is 1.07 bits per heavy atom. The van der Waals surface area contributed by atoms with E-state index in [1.54, 1.807) is 0 Å². The molecule has 7 aromatic rings. The lowest BCUT2D eigenvalue weighted by Gasteiger charge is -2.20. The molecule has 7 rings (SSSR count). The minimum atomic E-state index is 0.922. The van der Waals surface area contributed by atoms with Gasteiger partial charge in [0.2, 0.25) is 0 Å². The third-order valence-corrected chi connectivity index (χ3v) is 8.60. The summed E-state index contributed by atoms with van der Waals surface area (Å²) in [4.78, 5) is 0. The Bertz CT molecular complexity index is 1990. The van der Waals surface area contributed by atoms with E-state index in [9.17, 15) is 0 Å². The second-order valence-electron chi connectivity index (χ2n) is 11.1. The average Bonchev–Trinajstić information content (AvgIpc) is 3.01. The molecule has 0 fully saturated rings. The Morgan fingerprint density at radius 3 is 1.90 bits per heavy atom. The summed E-state index contributed by atoms with van der Waals surface area (Å²) in [5, 5.41) is 10.9. The summed E-state index contributed by atoms with van der Waals surface area (Å²) < 4.78 is 0. The summed E-state index contributed by atoms with van der Waals surface area (Å²) in [5.41, 5.74) is 7.17. The van der Waals surface area contributed by atoms with Crippen molar-refractivity contribution in [2.75, 3.05) is 0 Å². The van der Waals surface area contributed by atoms with Crippen LogP contribution >= 0.6 is 0 Å². The van der Waals surface area contributed by atoms with Crippen molar-refractivity contribution in [3.63, 3.8) is 0 Å². The highest BCUT2D eigenvalue weighted by atomic mass is 14.2. The number of rotatable bonds is 7. The van der Waals surface area contributed by atoms with Gasteiger partial charge in [0, 0.05) is 0 Å². The number of aryl methyl sites for hydroxylation is 1. The van der Waals surface area contributed by atoms with E-state index in [1.165, 1.54) is 83.7 Å². The SMILES string of the molecule is CCCCc1cccc2c(Cc3cccc4ccccc34)c3ccccc3c(Cc3ccc4ccccc4c3)c12. The zero-order valence-electron chi connectivity index (χ0n) is 23.2. The predicted molar refractivity (Wildman–Crippen MR) is 174 cm³/mol. The Kier molecular flexibility index (Phi) is 6.54. The maximum absolute atomic E-state index is 2.38. The average molecular weight is 515 g/mol. The molecule has 7 aromatic carbocycles. The first-order chi connectivity index (χ1) is 19.8. The molecule has 0 aliphatic heterocycles. The monoisotopic (exact) mass is 514 g/mol. The highest BCUT2D eigenvalue weighted by Gasteiger charge is 2.18. The first-order valence-corrected chi connectivity index (χ1v) is 14.7. The van der Waals surface area contributed by atoms with E-state index < -0.39 is 0 Å². The summed E-state index contributed by atoms with van der Waals surface area (Å²) in [7, 11) is 0. The molecule has 0 saturated carbocycles. The number of hydrogen-bond acceptors (Lipinski definition) is 0. The first kappa shape index (κ1) is 24.6. The van der Waals surface area contributed by atoms with E-state index in [-0.39, 0.29) is 0 Å². The molecule has 0 saturated heterocycles. The normalized spacial score (nSPS) is 11.6. The third kappa shape index (κ3) is 4.44. The van der Waals surface area contributed by atoms with E-state index in [0.29, 0.717) is 0 Å². The van der Waals surface area contributed by atoms with Gasteiger partial charge in [-0.1, -0.05) is 141 Å². The van der Waals surface area contributed by atoms with Crippen LogP contribution in [-0.2, 0) is 19.3 Å². The van der Waals surface area contributed by atoms with Crippen LogP contribution in [0.5, 0.6) is 0 Å². The first-order valence-electron chi connectivity index (χ1n) is 14.7. The number of hydrogen-bond donors (Lipinski definition) is 0. The van der Waals surface area contributed by atoms with E-state index in [4.69, 9.17) is 0 Å². The van der Waals surface area contributed by atoms with Gasteiger partial charge in [0.25, 0.3) is 0 Å². The lowest BCUT2D eigenvalue weighted by atomic mass is 9.83. The van der Waals surface area contributed by atoms with Crippen LogP contribution in [0.25, 0.3) is 43.1 Å². The molecule has 194 valence electrons. The van der Waals surface area contributed by atoms with Crippen LogP contribution in [-0.4, -0.2) is 0 Å². The highest BCUT2D eigenvalue weighted by molar-refractivity contribution is 6.08. The second kappa shape index (κ2) is 10.6. The summed E-state index contributed by atoms with van der Waals surface area (Å²) in [6.45, 7) is 2.29. The molecular formula is C40H34. The van der Waals surface area contributed by atoms with Gasteiger partial charge < -0.3 is 0 Å². The second-order valence-corrected chi connectivity index (χ2v) is 11.1. The van der Waals surface area contributed by atoms with Gasteiger partial charge in [-0.05, 0) is 96.6 Å². The maximum Gasteiger partial charge on any atom is -0.000728 e. The Labute approximate surface area is 236 Å². The highest BCUT2D eigenvalue weighted by Crippen LogP contribution is 2.39. The van der Waals surface area contributed by atoms with E-state index in [0.717, 1.165) is 19.3 Å². The van der Waals surface area contributed by atoms with Gasteiger partial charge in [0.15, 0.2) is 0 Å². The molecule has 0 nitrogen and oxygen atoms in total. The maximum atomic E-state index is 2.38. The number of unbranched alkanes of at least 4 members (excludes halogenated alkanes) is 1. The van der Waals surface area contributed by atoms with E-state index in [2.05, 4.69) is 134 Å². The van der Waals surface area contributed by atoms with Crippen LogP contribution in [0.15, 0.2) is 127 Å². The standard InChI is InChI=1S/C40H34/c1-2-3-12-31-17-11-22-37-38(27-33-18-10-16-30-14-6-7-19-34(30)33)35-20-8-9-21-36(35)39(40(31)37)26-28-23-24-29-13-4-5-15-32(29)25-28/h4-11,13-25H,2-3,12,26-27H2,1H3. The molecule has 0 bridgehead atoms. The lowest BCUT2D eigenvalue weighted by Crippen LogP contribution is -2.01. The zero-order chi connectivity index (χ0) is 26.9. The lowest BCUT2D eigenvalue weighted by molar-refractivity contribution is 0.798. The van der Waals surface area contributed by atoms with Crippen molar-refractivity contribution in [3.8, 4) is 0 Å². The molecule has 0 heteroatoms. The molecule has 0 aromatic heterocycles. The minimum absolute atomic E-state index is 0.922. The van der Waals surface area contributed by atoms with Crippen molar-refractivity contribution in [1.82, 2.24) is 0 Å².